The van der Waals surface area contributed by atoms with Crippen molar-refractivity contribution in [2.24, 2.45) is 17.3 Å². The smallest absolute Gasteiger partial charge is 0.0499 e. The fourth-order valence-electron chi connectivity index (χ4n) is 2.87. The number of hydrogen-bond acceptors (Lipinski definition) is 2. The highest BCUT2D eigenvalue weighted by Gasteiger charge is 2.29. The topological polar surface area (TPSA) is 32.3 Å². The predicted molar refractivity (Wildman–Crippen MR) is 74.1 cm³/mol. The molecule has 2 heteroatoms. The Labute approximate surface area is 107 Å². The van der Waals surface area contributed by atoms with Gasteiger partial charge in [-0.05, 0) is 43.9 Å². The molecule has 0 amide bonds. The summed E-state index contributed by atoms with van der Waals surface area (Å²) in [4.78, 5) is 0. The van der Waals surface area contributed by atoms with Crippen LogP contribution in [0.2, 0.25) is 0 Å². The Balaban J connectivity index is 2.39. The van der Waals surface area contributed by atoms with E-state index in [0.29, 0.717) is 12.6 Å². The van der Waals surface area contributed by atoms with Gasteiger partial charge in [0.25, 0.3) is 0 Å². The summed E-state index contributed by atoms with van der Waals surface area (Å²) in [6.07, 6.45) is 6.08. The SMILES string of the molecule is CCC(CC)(CO)CNC1CCC(C)C(C)C1. The summed E-state index contributed by atoms with van der Waals surface area (Å²) in [5.74, 6) is 1.72. The molecule has 0 aromatic rings. The predicted octanol–water partition coefficient (Wildman–Crippen LogP) is 3.20. The summed E-state index contributed by atoms with van der Waals surface area (Å²) >= 11 is 0. The van der Waals surface area contributed by atoms with Crippen LogP contribution in [0.25, 0.3) is 0 Å². The molecule has 3 atom stereocenters. The van der Waals surface area contributed by atoms with Crippen molar-refractivity contribution in [3.8, 4) is 0 Å². The monoisotopic (exact) mass is 241 g/mol. The van der Waals surface area contributed by atoms with Gasteiger partial charge in [0.1, 0.15) is 0 Å². The van der Waals surface area contributed by atoms with Crippen LogP contribution in [0, 0.1) is 17.3 Å². The summed E-state index contributed by atoms with van der Waals surface area (Å²) in [5, 5.41) is 13.3. The Bertz CT molecular complexity index is 205. The van der Waals surface area contributed by atoms with E-state index in [-0.39, 0.29) is 5.41 Å². The second-order valence-electron chi connectivity index (χ2n) is 6.21. The third-order valence-electron chi connectivity index (χ3n) is 5.20. The summed E-state index contributed by atoms with van der Waals surface area (Å²) < 4.78 is 0. The van der Waals surface area contributed by atoms with Gasteiger partial charge in [-0.3, -0.25) is 0 Å². The highest BCUT2D eigenvalue weighted by atomic mass is 16.3. The van der Waals surface area contributed by atoms with Crippen molar-refractivity contribution in [2.45, 2.75) is 65.8 Å². The molecule has 1 aliphatic rings. The molecular formula is C15H31NO. The Morgan fingerprint density at radius 2 is 1.76 bits per heavy atom. The molecule has 0 aromatic heterocycles. The number of aliphatic hydroxyl groups is 1. The molecule has 0 saturated heterocycles. The van der Waals surface area contributed by atoms with Crippen molar-refractivity contribution in [3.63, 3.8) is 0 Å². The fraction of sp³-hybridized carbons (Fsp3) is 1.00. The number of hydrogen-bond donors (Lipinski definition) is 2. The quantitative estimate of drug-likeness (QED) is 0.748. The van der Waals surface area contributed by atoms with Crippen molar-refractivity contribution in [2.75, 3.05) is 13.2 Å². The maximum atomic E-state index is 9.56. The molecule has 102 valence electrons. The molecule has 1 saturated carbocycles. The van der Waals surface area contributed by atoms with Crippen LogP contribution in [0.5, 0.6) is 0 Å². The molecule has 0 radical (unpaired) electrons. The van der Waals surface area contributed by atoms with E-state index in [2.05, 4.69) is 33.0 Å². The number of aliphatic hydroxyl groups excluding tert-OH is 1. The molecule has 0 spiro atoms. The largest absolute Gasteiger partial charge is 0.396 e. The zero-order valence-electron chi connectivity index (χ0n) is 12.1. The van der Waals surface area contributed by atoms with Crippen LogP contribution < -0.4 is 5.32 Å². The van der Waals surface area contributed by atoms with Gasteiger partial charge < -0.3 is 10.4 Å². The summed E-state index contributed by atoms with van der Waals surface area (Å²) in [6.45, 7) is 10.4. The zero-order valence-corrected chi connectivity index (χ0v) is 12.1. The van der Waals surface area contributed by atoms with Crippen molar-refractivity contribution in [3.05, 3.63) is 0 Å². The van der Waals surface area contributed by atoms with E-state index in [4.69, 9.17) is 0 Å². The summed E-state index contributed by atoms with van der Waals surface area (Å²) in [7, 11) is 0. The highest BCUT2D eigenvalue weighted by Crippen LogP contribution is 2.30. The lowest BCUT2D eigenvalue weighted by Gasteiger charge is -2.36. The fourth-order valence-corrected chi connectivity index (χ4v) is 2.87. The number of rotatable bonds is 6. The molecule has 0 aliphatic heterocycles. The van der Waals surface area contributed by atoms with E-state index in [9.17, 15) is 5.11 Å². The highest BCUT2D eigenvalue weighted by molar-refractivity contribution is 4.84. The molecule has 1 fully saturated rings. The lowest BCUT2D eigenvalue weighted by atomic mass is 9.78. The molecule has 2 nitrogen and oxygen atoms in total. The first kappa shape index (κ1) is 15.0. The van der Waals surface area contributed by atoms with Crippen LogP contribution in [-0.2, 0) is 0 Å². The Hall–Kier alpha value is -0.0800. The zero-order chi connectivity index (χ0) is 12.9. The first-order valence-electron chi connectivity index (χ1n) is 7.41. The van der Waals surface area contributed by atoms with Crippen molar-refractivity contribution >= 4 is 0 Å². The molecule has 3 unspecified atom stereocenters. The molecular weight excluding hydrogens is 210 g/mol. The third kappa shape index (κ3) is 3.96. The van der Waals surface area contributed by atoms with Crippen molar-refractivity contribution in [1.82, 2.24) is 5.32 Å². The number of nitrogens with one attached hydrogen (secondary N) is 1. The molecule has 2 N–H and O–H groups in total. The Morgan fingerprint density at radius 1 is 1.12 bits per heavy atom. The van der Waals surface area contributed by atoms with E-state index in [1.54, 1.807) is 0 Å². The molecule has 0 aromatic carbocycles. The van der Waals surface area contributed by atoms with Crippen LogP contribution in [0.3, 0.4) is 0 Å². The molecule has 17 heavy (non-hydrogen) atoms. The lowest BCUT2D eigenvalue weighted by molar-refractivity contribution is 0.103. The standard InChI is InChI=1S/C15H31NO/c1-5-15(6-2,11-17)10-16-14-8-7-12(3)13(4)9-14/h12-14,16-17H,5-11H2,1-4H3. The van der Waals surface area contributed by atoms with Crippen molar-refractivity contribution in [1.29, 1.82) is 0 Å². The van der Waals surface area contributed by atoms with E-state index < -0.39 is 0 Å². The average Bonchev–Trinajstić information content (AvgIpc) is 2.36. The van der Waals surface area contributed by atoms with E-state index in [1.807, 2.05) is 0 Å². The van der Waals surface area contributed by atoms with Crippen molar-refractivity contribution < 1.29 is 5.11 Å². The van der Waals surface area contributed by atoms with Gasteiger partial charge in [-0.2, -0.15) is 0 Å². The van der Waals surface area contributed by atoms with Crippen LogP contribution in [0.1, 0.15) is 59.8 Å². The first-order chi connectivity index (χ1) is 8.06. The normalized spacial score (nSPS) is 30.5. The maximum absolute atomic E-state index is 9.56. The van der Waals surface area contributed by atoms with Gasteiger partial charge in [-0.15, -0.1) is 0 Å². The molecule has 0 bridgehead atoms. The second-order valence-corrected chi connectivity index (χ2v) is 6.21. The second kappa shape index (κ2) is 6.75. The Kier molecular flexibility index (Phi) is 5.94. The van der Waals surface area contributed by atoms with E-state index in [0.717, 1.165) is 31.2 Å². The van der Waals surface area contributed by atoms with E-state index >= 15 is 0 Å². The Morgan fingerprint density at radius 3 is 2.24 bits per heavy atom. The van der Waals surface area contributed by atoms with Crippen LogP contribution in [0.15, 0.2) is 0 Å². The average molecular weight is 241 g/mol. The van der Waals surface area contributed by atoms with Crippen LogP contribution in [0.4, 0.5) is 0 Å². The summed E-state index contributed by atoms with van der Waals surface area (Å²) in [5.41, 5.74) is 0.103. The van der Waals surface area contributed by atoms with Gasteiger partial charge in [0.2, 0.25) is 0 Å². The minimum Gasteiger partial charge on any atom is -0.396 e. The third-order valence-corrected chi connectivity index (χ3v) is 5.20. The van der Waals surface area contributed by atoms with Gasteiger partial charge in [-0.1, -0.05) is 27.7 Å². The van der Waals surface area contributed by atoms with Gasteiger partial charge >= 0.3 is 0 Å². The van der Waals surface area contributed by atoms with Crippen LogP contribution >= 0.6 is 0 Å². The van der Waals surface area contributed by atoms with E-state index in [1.165, 1.54) is 19.3 Å². The van der Waals surface area contributed by atoms with Crippen LogP contribution in [-0.4, -0.2) is 24.3 Å². The molecule has 0 heterocycles. The lowest BCUT2D eigenvalue weighted by Crippen LogP contribution is -2.44. The van der Waals surface area contributed by atoms with Gasteiger partial charge in [0.05, 0.1) is 0 Å². The molecule has 1 rings (SSSR count). The van der Waals surface area contributed by atoms with Gasteiger partial charge in [0.15, 0.2) is 0 Å². The van der Waals surface area contributed by atoms with Gasteiger partial charge in [-0.25, -0.2) is 0 Å². The summed E-state index contributed by atoms with van der Waals surface area (Å²) in [6, 6.07) is 0.672. The first-order valence-corrected chi connectivity index (χ1v) is 7.41. The maximum Gasteiger partial charge on any atom is 0.0499 e. The molecule has 1 aliphatic carbocycles. The van der Waals surface area contributed by atoms with Gasteiger partial charge in [0, 0.05) is 24.6 Å². The minimum absolute atomic E-state index is 0.103. The minimum atomic E-state index is 0.103.